The van der Waals surface area contributed by atoms with Crippen LogP contribution in [0.2, 0.25) is 0 Å². The summed E-state index contributed by atoms with van der Waals surface area (Å²) in [6.07, 6.45) is 0. The fourth-order valence-electron chi connectivity index (χ4n) is 6.86. The zero-order valence-corrected chi connectivity index (χ0v) is 24.7. The van der Waals surface area contributed by atoms with Crippen LogP contribution in [0, 0.1) is 11.3 Å². The highest BCUT2D eigenvalue weighted by atomic mass is 16.3. The Morgan fingerprint density at radius 3 is 1.76 bits per heavy atom. The van der Waals surface area contributed by atoms with Crippen LogP contribution in [0.5, 0.6) is 0 Å². The van der Waals surface area contributed by atoms with Crippen molar-refractivity contribution in [3.63, 3.8) is 0 Å². The van der Waals surface area contributed by atoms with Crippen molar-refractivity contribution in [1.29, 1.82) is 5.26 Å². The summed E-state index contributed by atoms with van der Waals surface area (Å²) in [5.41, 5.74) is 12.5. The lowest BCUT2D eigenvalue weighted by atomic mass is 9.86. The van der Waals surface area contributed by atoms with Gasteiger partial charge in [-0.15, -0.1) is 0 Å². The predicted molar refractivity (Wildman–Crippen MR) is 187 cm³/mol. The van der Waals surface area contributed by atoms with Crippen molar-refractivity contribution in [3.8, 4) is 50.6 Å². The standard InChI is InChI=1S/C43H25NO2/c44-26-29-10-1-2-11-30(29)33-12-3-4-13-34(33)38-24-27(32-16-9-19-41-43(32)37-15-6-8-18-40(37)45-41)20-22-31(38)28-21-23-36-35-14-5-7-17-39(35)46-42(36)25-28/h1-25H. The van der Waals surface area contributed by atoms with E-state index in [4.69, 9.17) is 8.83 Å². The van der Waals surface area contributed by atoms with Crippen LogP contribution in [0.4, 0.5) is 0 Å². The van der Waals surface area contributed by atoms with Gasteiger partial charge in [0.1, 0.15) is 22.3 Å². The molecule has 0 fully saturated rings. The van der Waals surface area contributed by atoms with Gasteiger partial charge < -0.3 is 8.83 Å². The summed E-state index contributed by atoms with van der Waals surface area (Å²) in [6.45, 7) is 0. The van der Waals surface area contributed by atoms with Gasteiger partial charge in [0.2, 0.25) is 0 Å². The average Bonchev–Trinajstić information content (AvgIpc) is 3.69. The minimum atomic E-state index is 0.644. The molecule has 214 valence electrons. The van der Waals surface area contributed by atoms with Crippen molar-refractivity contribution < 1.29 is 8.83 Å². The van der Waals surface area contributed by atoms with Gasteiger partial charge in [0.15, 0.2) is 0 Å². The van der Waals surface area contributed by atoms with Crippen LogP contribution in [0.15, 0.2) is 160 Å². The molecular weight excluding hydrogens is 562 g/mol. The monoisotopic (exact) mass is 587 g/mol. The number of nitrogens with zero attached hydrogens (tertiary/aromatic N) is 1. The van der Waals surface area contributed by atoms with Crippen molar-refractivity contribution in [2.45, 2.75) is 0 Å². The summed E-state index contributed by atoms with van der Waals surface area (Å²) >= 11 is 0. The summed E-state index contributed by atoms with van der Waals surface area (Å²) < 4.78 is 12.6. The Hall–Kier alpha value is -6.37. The first-order valence-corrected chi connectivity index (χ1v) is 15.3. The van der Waals surface area contributed by atoms with Crippen molar-refractivity contribution in [1.82, 2.24) is 0 Å². The third-order valence-electron chi connectivity index (χ3n) is 8.98. The number of rotatable bonds is 4. The van der Waals surface area contributed by atoms with Crippen LogP contribution in [-0.4, -0.2) is 0 Å². The third-order valence-corrected chi connectivity index (χ3v) is 8.98. The van der Waals surface area contributed by atoms with E-state index in [1.54, 1.807) is 0 Å². The van der Waals surface area contributed by atoms with Gasteiger partial charge in [-0.2, -0.15) is 5.26 Å². The van der Waals surface area contributed by atoms with Gasteiger partial charge >= 0.3 is 0 Å². The molecule has 9 aromatic rings. The minimum Gasteiger partial charge on any atom is -0.456 e. The zero-order valence-electron chi connectivity index (χ0n) is 24.7. The Bertz CT molecular complexity index is 2670. The Balaban J connectivity index is 1.32. The molecule has 0 radical (unpaired) electrons. The van der Waals surface area contributed by atoms with Gasteiger partial charge in [0.05, 0.1) is 11.6 Å². The Morgan fingerprint density at radius 1 is 0.370 bits per heavy atom. The number of nitriles is 1. The lowest BCUT2D eigenvalue weighted by Crippen LogP contribution is -1.92. The molecular formula is C43H25NO2. The molecule has 7 aromatic carbocycles. The molecule has 0 N–H and O–H groups in total. The Morgan fingerprint density at radius 2 is 0.935 bits per heavy atom. The van der Waals surface area contributed by atoms with Gasteiger partial charge in [-0.3, -0.25) is 0 Å². The quantitative estimate of drug-likeness (QED) is 0.206. The molecule has 2 aromatic heterocycles. The molecule has 0 spiro atoms. The highest BCUT2D eigenvalue weighted by Crippen LogP contribution is 2.44. The van der Waals surface area contributed by atoms with Crippen molar-refractivity contribution in [3.05, 3.63) is 157 Å². The number of benzene rings is 7. The molecule has 0 aliphatic carbocycles. The van der Waals surface area contributed by atoms with Crippen LogP contribution in [-0.2, 0) is 0 Å². The third kappa shape index (κ3) is 4.05. The molecule has 2 heterocycles. The molecule has 46 heavy (non-hydrogen) atoms. The van der Waals surface area contributed by atoms with Gasteiger partial charge in [0.25, 0.3) is 0 Å². The molecule has 0 bridgehead atoms. The maximum atomic E-state index is 10.0. The fraction of sp³-hybridized carbons (Fsp3) is 0. The number of furan rings is 2. The number of hydrogen-bond acceptors (Lipinski definition) is 3. The highest BCUT2D eigenvalue weighted by Gasteiger charge is 2.19. The first-order chi connectivity index (χ1) is 22.8. The minimum absolute atomic E-state index is 0.644. The fourth-order valence-corrected chi connectivity index (χ4v) is 6.86. The molecule has 0 aliphatic heterocycles. The summed E-state index contributed by atoms with van der Waals surface area (Å²) in [7, 11) is 0. The first kappa shape index (κ1) is 26.1. The van der Waals surface area contributed by atoms with E-state index < -0.39 is 0 Å². The van der Waals surface area contributed by atoms with Crippen molar-refractivity contribution >= 4 is 43.9 Å². The highest BCUT2D eigenvalue weighted by molar-refractivity contribution is 6.13. The zero-order chi connectivity index (χ0) is 30.6. The molecule has 0 unspecified atom stereocenters. The molecule has 0 atom stereocenters. The van der Waals surface area contributed by atoms with Crippen LogP contribution < -0.4 is 0 Å². The van der Waals surface area contributed by atoms with E-state index >= 15 is 0 Å². The molecule has 0 aliphatic rings. The van der Waals surface area contributed by atoms with E-state index in [1.165, 1.54) is 0 Å². The number of para-hydroxylation sites is 2. The van der Waals surface area contributed by atoms with E-state index in [2.05, 4.69) is 91.0 Å². The second-order valence-corrected chi connectivity index (χ2v) is 11.5. The van der Waals surface area contributed by atoms with E-state index in [0.29, 0.717) is 5.56 Å². The largest absolute Gasteiger partial charge is 0.456 e. The van der Waals surface area contributed by atoms with Crippen molar-refractivity contribution in [2.75, 3.05) is 0 Å². The van der Waals surface area contributed by atoms with Crippen LogP contribution >= 0.6 is 0 Å². The number of fused-ring (bicyclic) bond motifs is 6. The van der Waals surface area contributed by atoms with E-state index in [1.807, 2.05) is 66.7 Å². The molecule has 3 heteroatoms. The summed E-state index contributed by atoms with van der Waals surface area (Å²) in [5.74, 6) is 0. The van der Waals surface area contributed by atoms with Gasteiger partial charge in [-0.05, 0) is 81.4 Å². The Labute approximate surface area is 265 Å². The van der Waals surface area contributed by atoms with E-state index in [0.717, 1.165) is 88.4 Å². The van der Waals surface area contributed by atoms with Crippen LogP contribution in [0.1, 0.15) is 5.56 Å². The van der Waals surface area contributed by atoms with Crippen molar-refractivity contribution in [2.24, 2.45) is 0 Å². The summed E-state index contributed by atoms with van der Waals surface area (Å²) in [5, 5.41) is 14.4. The van der Waals surface area contributed by atoms with E-state index in [-0.39, 0.29) is 0 Å². The lowest BCUT2D eigenvalue weighted by molar-refractivity contribution is 0.668. The first-order valence-electron chi connectivity index (χ1n) is 15.3. The van der Waals surface area contributed by atoms with E-state index in [9.17, 15) is 5.26 Å². The molecule has 0 saturated heterocycles. The molecule has 0 amide bonds. The maximum absolute atomic E-state index is 10.0. The molecule has 9 rings (SSSR count). The average molecular weight is 588 g/mol. The Kier molecular flexibility index (Phi) is 5.88. The SMILES string of the molecule is N#Cc1ccccc1-c1ccccc1-c1cc(-c2cccc3oc4ccccc4c23)ccc1-c1ccc2c(c1)oc1ccccc12. The predicted octanol–water partition coefficient (Wildman–Crippen LogP) is 12.0. The molecule has 0 saturated carbocycles. The maximum Gasteiger partial charge on any atom is 0.136 e. The topological polar surface area (TPSA) is 50.1 Å². The summed E-state index contributed by atoms with van der Waals surface area (Å²) in [4.78, 5) is 0. The van der Waals surface area contributed by atoms with Crippen LogP contribution in [0.25, 0.3) is 88.4 Å². The summed E-state index contributed by atoms with van der Waals surface area (Å²) in [6, 6.07) is 54.4. The van der Waals surface area contributed by atoms with Gasteiger partial charge in [0, 0.05) is 27.1 Å². The smallest absolute Gasteiger partial charge is 0.136 e. The normalized spacial score (nSPS) is 11.5. The second kappa shape index (κ2) is 10.4. The van der Waals surface area contributed by atoms with Gasteiger partial charge in [-0.1, -0.05) is 109 Å². The van der Waals surface area contributed by atoms with Gasteiger partial charge in [-0.25, -0.2) is 0 Å². The second-order valence-electron chi connectivity index (χ2n) is 11.5. The molecule has 3 nitrogen and oxygen atoms in total. The number of hydrogen-bond donors (Lipinski definition) is 0. The van der Waals surface area contributed by atoms with Crippen LogP contribution in [0.3, 0.4) is 0 Å². The lowest BCUT2D eigenvalue weighted by Gasteiger charge is -2.17.